The van der Waals surface area contributed by atoms with Gasteiger partial charge >= 0.3 is 5.97 Å². The molecule has 26 heavy (non-hydrogen) atoms. The molecule has 0 aromatic heterocycles. The van der Waals surface area contributed by atoms with Crippen LogP contribution in [-0.4, -0.2) is 60.1 Å². The van der Waals surface area contributed by atoms with Gasteiger partial charge in [0.2, 0.25) is 5.91 Å². The van der Waals surface area contributed by atoms with E-state index in [2.05, 4.69) is 10.2 Å². The molecule has 1 unspecified atom stereocenters. The van der Waals surface area contributed by atoms with E-state index in [1.165, 1.54) is 7.11 Å². The Bertz CT molecular complexity index is 644. The normalized spacial score (nSPS) is 16.7. The first-order valence-electron chi connectivity index (χ1n) is 9.03. The number of carbonyl (C=O) groups excluding carboxylic acids is 2. The fourth-order valence-corrected chi connectivity index (χ4v) is 3.45. The highest BCUT2D eigenvalue weighted by molar-refractivity contribution is 7.80. The molecule has 0 aliphatic carbocycles. The van der Waals surface area contributed by atoms with Gasteiger partial charge in [0.15, 0.2) is 5.11 Å². The lowest BCUT2D eigenvalue weighted by Gasteiger charge is -2.36. The van der Waals surface area contributed by atoms with E-state index in [0.717, 1.165) is 38.2 Å². The second-order valence-corrected chi connectivity index (χ2v) is 6.68. The van der Waals surface area contributed by atoms with Crippen molar-refractivity contribution < 1.29 is 14.3 Å². The number of esters is 1. The summed E-state index contributed by atoms with van der Waals surface area (Å²) in [7, 11) is 1.36. The number of hydrogen-bond donors (Lipinski definition) is 1. The Balaban J connectivity index is 1.96. The maximum absolute atomic E-state index is 12.6. The maximum Gasteiger partial charge on any atom is 0.337 e. The van der Waals surface area contributed by atoms with Gasteiger partial charge in [-0.05, 0) is 63.2 Å². The molecule has 142 valence electrons. The van der Waals surface area contributed by atoms with E-state index in [1.807, 2.05) is 18.7 Å². The highest BCUT2D eigenvalue weighted by Gasteiger charge is 2.29. The predicted molar refractivity (Wildman–Crippen MR) is 106 cm³/mol. The number of benzene rings is 1. The summed E-state index contributed by atoms with van der Waals surface area (Å²) in [4.78, 5) is 28.0. The number of rotatable bonds is 5. The van der Waals surface area contributed by atoms with E-state index in [9.17, 15) is 9.59 Å². The van der Waals surface area contributed by atoms with Crippen molar-refractivity contribution in [3.63, 3.8) is 0 Å². The molecule has 7 heteroatoms. The van der Waals surface area contributed by atoms with Crippen molar-refractivity contribution in [2.45, 2.75) is 26.7 Å². The summed E-state index contributed by atoms with van der Waals surface area (Å²) in [6, 6.07) is 6.97. The first-order valence-corrected chi connectivity index (χ1v) is 9.44. The average Bonchev–Trinajstić information content (AvgIpc) is 2.68. The van der Waals surface area contributed by atoms with Gasteiger partial charge in [-0.1, -0.05) is 0 Å². The largest absolute Gasteiger partial charge is 0.465 e. The molecule has 1 heterocycles. The molecule has 2 rings (SSSR count). The van der Waals surface area contributed by atoms with Crippen LogP contribution in [0.3, 0.4) is 0 Å². The molecule has 0 saturated carbocycles. The standard InChI is InChI=1S/C19H27N3O3S/c1-4-21(5-2)17(23)15-7-6-12-22(13-15)19(26)20-16-10-8-14(9-11-16)18(24)25-3/h8-11,15H,4-7,12-13H2,1-3H3,(H,20,26). The zero-order valence-corrected chi connectivity index (χ0v) is 16.5. The van der Waals surface area contributed by atoms with Crippen molar-refractivity contribution in [2.24, 2.45) is 5.92 Å². The number of thiocarbonyl (C=S) groups is 1. The van der Waals surface area contributed by atoms with Gasteiger partial charge in [0.05, 0.1) is 18.6 Å². The maximum atomic E-state index is 12.6. The Morgan fingerprint density at radius 1 is 1.27 bits per heavy atom. The van der Waals surface area contributed by atoms with Crippen LogP contribution in [0.25, 0.3) is 0 Å². The molecule has 1 N–H and O–H groups in total. The predicted octanol–water partition coefficient (Wildman–Crippen LogP) is 2.75. The molecular formula is C19H27N3O3S. The van der Waals surface area contributed by atoms with Crippen molar-refractivity contribution in [1.29, 1.82) is 0 Å². The lowest BCUT2D eigenvalue weighted by Crippen LogP contribution is -2.47. The number of carbonyl (C=O) groups is 2. The Labute approximate surface area is 160 Å². The summed E-state index contributed by atoms with van der Waals surface area (Å²) >= 11 is 5.52. The zero-order valence-electron chi connectivity index (χ0n) is 15.7. The smallest absolute Gasteiger partial charge is 0.337 e. The van der Waals surface area contributed by atoms with E-state index in [0.29, 0.717) is 17.2 Å². The van der Waals surface area contributed by atoms with Crippen molar-refractivity contribution in [2.75, 3.05) is 38.6 Å². The summed E-state index contributed by atoms with van der Waals surface area (Å²) in [5, 5.41) is 3.80. The van der Waals surface area contributed by atoms with Crippen molar-refractivity contribution in [3.05, 3.63) is 29.8 Å². The van der Waals surface area contributed by atoms with Gasteiger partial charge in [-0.25, -0.2) is 4.79 Å². The van der Waals surface area contributed by atoms with Crippen LogP contribution in [0, 0.1) is 5.92 Å². The number of hydrogen-bond acceptors (Lipinski definition) is 4. The van der Waals surface area contributed by atoms with E-state index >= 15 is 0 Å². The van der Waals surface area contributed by atoms with Crippen molar-refractivity contribution in [1.82, 2.24) is 9.80 Å². The zero-order chi connectivity index (χ0) is 19.1. The van der Waals surface area contributed by atoms with Crippen LogP contribution in [0.1, 0.15) is 37.0 Å². The molecule has 1 saturated heterocycles. The van der Waals surface area contributed by atoms with Gasteiger partial charge in [0, 0.05) is 31.9 Å². The lowest BCUT2D eigenvalue weighted by molar-refractivity contribution is -0.136. The Kier molecular flexibility index (Phi) is 7.38. The van der Waals surface area contributed by atoms with Gasteiger partial charge in [-0.15, -0.1) is 0 Å². The van der Waals surface area contributed by atoms with Gasteiger partial charge in [-0.3, -0.25) is 4.79 Å². The molecule has 1 aliphatic rings. The van der Waals surface area contributed by atoms with Crippen molar-refractivity contribution in [3.8, 4) is 0 Å². The van der Waals surface area contributed by atoms with Crippen LogP contribution in [0.5, 0.6) is 0 Å². The van der Waals surface area contributed by atoms with Crippen molar-refractivity contribution >= 4 is 34.9 Å². The highest BCUT2D eigenvalue weighted by atomic mass is 32.1. The minimum Gasteiger partial charge on any atom is -0.465 e. The summed E-state index contributed by atoms with van der Waals surface area (Å²) in [6.07, 6.45) is 1.85. The fraction of sp³-hybridized carbons (Fsp3) is 0.526. The molecular weight excluding hydrogens is 350 g/mol. The number of nitrogens with zero attached hydrogens (tertiary/aromatic N) is 2. The average molecular weight is 378 g/mol. The summed E-state index contributed by atoms with van der Waals surface area (Å²) in [5.74, 6) is -0.164. The van der Waals surface area contributed by atoms with E-state index < -0.39 is 0 Å². The third-order valence-corrected chi connectivity index (χ3v) is 5.05. The van der Waals surface area contributed by atoms with Crippen LogP contribution >= 0.6 is 12.2 Å². The first-order chi connectivity index (χ1) is 12.5. The second kappa shape index (κ2) is 9.52. The molecule has 6 nitrogen and oxygen atoms in total. The lowest BCUT2D eigenvalue weighted by atomic mass is 9.96. The Morgan fingerprint density at radius 3 is 2.50 bits per heavy atom. The molecule has 1 amide bonds. The van der Waals surface area contributed by atoms with Gasteiger partial charge in [0.1, 0.15) is 0 Å². The molecule has 0 spiro atoms. The van der Waals surface area contributed by atoms with E-state index in [1.54, 1.807) is 24.3 Å². The third kappa shape index (κ3) is 4.94. The monoisotopic (exact) mass is 377 g/mol. The quantitative estimate of drug-likeness (QED) is 0.629. The van der Waals surface area contributed by atoms with Gasteiger partial charge in [0.25, 0.3) is 0 Å². The molecule has 1 fully saturated rings. The molecule has 1 aliphatic heterocycles. The molecule has 0 bridgehead atoms. The molecule has 1 aromatic carbocycles. The van der Waals surface area contributed by atoms with Crippen LogP contribution < -0.4 is 5.32 Å². The molecule has 0 radical (unpaired) electrons. The minimum atomic E-state index is -0.368. The number of methoxy groups -OCH3 is 1. The fourth-order valence-electron chi connectivity index (χ4n) is 3.17. The SMILES string of the molecule is CCN(CC)C(=O)C1CCCN(C(=S)Nc2ccc(C(=O)OC)cc2)C1. The third-order valence-electron chi connectivity index (χ3n) is 4.69. The van der Waals surface area contributed by atoms with Crippen LogP contribution in [0.4, 0.5) is 5.69 Å². The highest BCUT2D eigenvalue weighted by Crippen LogP contribution is 2.20. The summed E-state index contributed by atoms with van der Waals surface area (Å²) in [6.45, 7) is 6.97. The van der Waals surface area contributed by atoms with E-state index in [4.69, 9.17) is 17.0 Å². The summed E-state index contributed by atoms with van der Waals surface area (Å²) < 4.78 is 4.70. The molecule has 1 atom stereocenters. The Morgan fingerprint density at radius 2 is 1.92 bits per heavy atom. The second-order valence-electron chi connectivity index (χ2n) is 6.29. The minimum absolute atomic E-state index is 0.00917. The van der Waals surface area contributed by atoms with E-state index in [-0.39, 0.29) is 17.8 Å². The van der Waals surface area contributed by atoms with Crippen LogP contribution in [0.2, 0.25) is 0 Å². The van der Waals surface area contributed by atoms with Gasteiger partial charge < -0.3 is 19.9 Å². The number of ether oxygens (including phenoxy) is 1. The number of amides is 1. The molecule has 1 aromatic rings. The number of likely N-dealkylation sites (tertiary alicyclic amines) is 1. The first kappa shape index (κ1) is 20.2. The summed E-state index contributed by atoms with van der Waals surface area (Å²) in [5.41, 5.74) is 1.30. The van der Waals surface area contributed by atoms with Gasteiger partial charge in [-0.2, -0.15) is 0 Å². The topological polar surface area (TPSA) is 61.9 Å². The van der Waals surface area contributed by atoms with Crippen LogP contribution in [0.15, 0.2) is 24.3 Å². The Hall–Kier alpha value is -2.15. The number of nitrogens with one attached hydrogen (secondary N) is 1. The number of anilines is 1. The number of piperidine rings is 1. The van der Waals surface area contributed by atoms with Crippen LogP contribution in [-0.2, 0) is 9.53 Å².